The molecule has 0 fully saturated rings. The molecule has 0 aliphatic rings. The van der Waals surface area contributed by atoms with Crippen LogP contribution in [0.4, 0.5) is 0 Å². The van der Waals surface area contributed by atoms with E-state index in [2.05, 4.69) is 13.8 Å². The molecule has 2 atom stereocenters. The van der Waals surface area contributed by atoms with Crippen molar-refractivity contribution in [3.8, 4) is 0 Å². The molecular weight excluding hydrogens is 204 g/mol. The molecule has 0 saturated carbocycles. The highest BCUT2D eigenvalue weighted by atomic mass is 16.5. The Balaban J connectivity index is 4.64. The van der Waals surface area contributed by atoms with Crippen LogP contribution in [0.5, 0.6) is 0 Å². The third kappa shape index (κ3) is 4.35. The summed E-state index contributed by atoms with van der Waals surface area (Å²) >= 11 is 0. The van der Waals surface area contributed by atoms with Crippen LogP contribution in [0.25, 0.3) is 0 Å². The van der Waals surface area contributed by atoms with Crippen molar-refractivity contribution in [2.75, 3.05) is 6.61 Å². The zero-order valence-corrected chi connectivity index (χ0v) is 10.8. The second-order valence-electron chi connectivity index (χ2n) is 4.25. The Morgan fingerprint density at radius 1 is 1.50 bits per heavy atom. The fourth-order valence-electron chi connectivity index (χ4n) is 1.62. The number of rotatable bonds is 8. The van der Waals surface area contributed by atoms with Crippen LogP contribution in [0.3, 0.4) is 0 Å². The van der Waals surface area contributed by atoms with E-state index in [1.165, 1.54) is 0 Å². The maximum absolute atomic E-state index is 11.3. The molecule has 0 aromatic carbocycles. The zero-order chi connectivity index (χ0) is 12.6. The minimum absolute atomic E-state index is 0.363. The van der Waals surface area contributed by atoms with Gasteiger partial charge in [-0.2, -0.15) is 0 Å². The van der Waals surface area contributed by atoms with Gasteiger partial charge in [-0.25, -0.2) is 4.79 Å². The number of carboxylic acid groups (broad SMARTS) is 1. The predicted molar refractivity (Wildman–Crippen MR) is 65.5 cm³/mol. The third-order valence-electron chi connectivity index (χ3n) is 3.03. The van der Waals surface area contributed by atoms with Gasteiger partial charge < -0.3 is 9.84 Å². The van der Waals surface area contributed by atoms with Crippen LogP contribution >= 0.6 is 0 Å². The molecule has 0 heterocycles. The molecule has 2 unspecified atom stereocenters. The summed E-state index contributed by atoms with van der Waals surface area (Å²) in [6.45, 7) is 8.26. The lowest BCUT2D eigenvalue weighted by atomic mass is 9.87. The predicted octanol–water partition coefficient (Wildman–Crippen LogP) is 3.25. The molecule has 94 valence electrons. The lowest BCUT2D eigenvalue weighted by molar-refractivity contribution is -0.167. The van der Waals surface area contributed by atoms with Gasteiger partial charge in [0.1, 0.15) is 0 Å². The Bertz CT molecular complexity index is 235. The molecule has 0 spiro atoms. The average Bonchev–Trinajstić information content (AvgIpc) is 2.27. The molecule has 0 saturated heterocycles. The van der Waals surface area contributed by atoms with Gasteiger partial charge >= 0.3 is 5.97 Å². The molecule has 0 amide bonds. The van der Waals surface area contributed by atoms with Gasteiger partial charge in [-0.3, -0.25) is 0 Å². The standard InChI is InChI=1S/C13H24O3/c1-5-8-9-16-13(7-3,12(14)15)10-11(4)6-2/h5,8,11H,6-7,9-10H2,1-4H3,(H,14,15). The Hall–Kier alpha value is -0.830. The van der Waals surface area contributed by atoms with Gasteiger partial charge in [0.25, 0.3) is 0 Å². The molecule has 3 nitrogen and oxygen atoms in total. The Labute approximate surface area is 98.5 Å². The van der Waals surface area contributed by atoms with E-state index in [0.717, 1.165) is 6.42 Å². The minimum Gasteiger partial charge on any atom is -0.479 e. The number of hydrogen-bond acceptors (Lipinski definition) is 2. The van der Waals surface area contributed by atoms with E-state index in [0.29, 0.717) is 25.4 Å². The van der Waals surface area contributed by atoms with Gasteiger partial charge in [-0.05, 0) is 25.7 Å². The molecule has 1 N–H and O–H groups in total. The summed E-state index contributed by atoms with van der Waals surface area (Å²) in [6, 6.07) is 0. The Morgan fingerprint density at radius 3 is 2.50 bits per heavy atom. The van der Waals surface area contributed by atoms with Crippen LogP contribution in [-0.4, -0.2) is 23.3 Å². The number of allylic oxidation sites excluding steroid dienone is 1. The molecule has 0 rings (SSSR count). The third-order valence-corrected chi connectivity index (χ3v) is 3.03. The van der Waals surface area contributed by atoms with Crippen molar-refractivity contribution >= 4 is 5.97 Å². The summed E-state index contributed by atoms with van der Waals surface area (Å²) in [6.07, 6.45) is 5.76. The number of carbonyl (C=O) groups is 1. The fraction of sp³-hybridized carbons (Fsp3) is 0.769. The van der Waals surface area contributed by atoms with Crippen LogP contribution in [0.2, 0.25) is 0 Å². The summed E-state index contributed by atoms with van der Waals surface area (Å²) < 4.78 is 5.57. The molecule has 0 aromatic rings. The summed E-state index contributed by atoms with van der Waals surface area (Å²) in [7, 11) is 0. The first-order valence-electron chi connectivity index (χ1n) is 6.00. The second kappa shape index (κ2) is 7.44. The van der Waals surface area contributed by atoms with Crippen LogP contribution in [0, 0.1) is 5.92 Å². The van der Waals surface area contributed by atoms with Gasteiger partial charge in [-0.1, -0.05) is 39.3 Å². The van der Waals surface area contributed by atoms with Crippen molar-refractivity contribution < 1.29 is 14.6 Å². The van der Waals surface area contributed by atoms with Crippen LogP contribution in [0.1, 0.15) is 47.0 Å². The highest BCUT2D eigenvalue weighted by Crippen LogP contribution is 2.27. The maximum atomic E-state index is 11.3. The SMILES string of the molecule is CC=CCOC(CC)(CC(C)CC)C(=O)O. The van der Waals surface area contributed by atoms with Crippen molar-refractivity contribution in [3.63, 3.8) is 0 Å². The smallest absolute Gasteiger partial charge is 0.335 e. The number of aliphatic carboxylic acids is 1. The molecule has 0 aliphatic carbocycles. The number of ether oxygens (including phenoxy) is 1. The number of hydrogen-bond donors (Lipinski definition) is 1. The maximum Gasteiger partial charge on any atom is 0.335 e. The van der Waals surface area contributed by atoms with Gasteiger partial charge in [0.2, 0.25) is 0 Å². The van der Waals surface area contributed by atoms with Crippen LogP contribution in [0.15, 0.2) is 12.2 Å². The fourth-order valence-corrected chi connectivity index (χ4v) is 1.62. The monoisotopic (exact) mass is 228 g/mol. The minimum atomic E-state index is -1.02. The molecule has 0 bridgehead atoms. The quantitative estimate of drug-likeness (QED) is 0.649. The zero-order valence-electron chi connectivity index (χ0n) is 10.8. The summed E-state index contributed by atoms with van der Waals surface area (Å²) in [5, 5.41) is 9.32. The van der Waals surface area contributed by atoms with E-state index in [4.69, 9.17) is 4.74 Å². The lowest BCUT2D eigenvalue weighted by Crippen LogP contribution is -2.42. The van der Waals surface area contributed by atoms with E-state index in [9.17, 15) is 9.90 Å². The molecule has 0 aliphatic heterocycles. The first-order chi connectivity index (χ1) is 7.52. The lowest BCUT2D eigenvalue weighted by Gasteiger charge is -2.30. The van der Waals surface area contributed by atoms with Gasteiger partial charge in [-0.15, -0.1) is 0 Å². The van der Waals surface area contributed by atoms with Crippen molar-refractivity contribution in [3.05, 3.63) is 12.2 Å². The van der Waals surface area contributed by atoms with E-state index >= 15 is 0 Å². The second-order valence-corrected chi connectivity index (χ2v) is 4.25. The van der Waals surface area contributed by atoms with E-state index in [1.807, 2.05) is 26.0 Å². The van der Waals surface area contributed by atoms with Crippen LogP contribution in [-0.2, 0) is 9.53 Å². The highest BCUT2D eigenvalue weighted by molar-refractivity contribution is 5.77. The highest BCUT2D eigenvalue weighted by Gasteiger charge is 2.38. The molecule has 16 heavy (non-hydrogen) atoms. The molecule has 0 aromatic heterocycles. The van der Waals surface area contributed by atoms with E-state index in [1.54, 1.807) is 0 Å². The first-order valence-corrected chi connectivity index (χ1v) is 6.00. The Morgan fingerprint density at radius 2 is 2.12 bits per heavy atom. The first kappa shape index (κ1) is 15.2. The largest absolute Gasteiger partial charge is 0.479 e. The van der Waals surface area contributed by atoms with Gasteiger partial charge in [0, 0.05) is 0 Å². The number of carboxylic acids is 1. The van der Waals surface area contributed by atoms with Crippen molar-refractivity contribution in [1.82, 2.24) is 0 Å². The van der Waals surface area contributed by atoms with Crippen molar-refractivity contribution in [2.24, 2.45) is 5.92 Å². The molecule has 3 heteroatoms. The van der Waals surface area contributed by atoms with Crippen LogP contribution < -0.4 is 0 Å². The normalized spacial score (nSPS) is 17.2. The topological polar surface area (TPSA) is 46.5 Å². The summed E-state index contributed by atoms with van der Waals surface area (Å²) in [5.74, 6) is -0.485. The van der Waals surface area contributed by atoms with Gasteiger partial charge in [0.15, 0.2) is 5.60 Å². The van der Waals surface area contributed by atoms with Gasteiger partial charge in [0.05, 0.1) is 6.61 Å². The van der Waals surface area contributed by atoms with Crippen molar-refractivity contribution in [2.45, 2.75) is 52.6 Å². The van der Waals surface area contributed by atoms with Crippen molar-refractivity contribution in [1.29, 1.82) is 0 Å². The Kier molecular flexibility index (Phi) is 7.06. The summed E-state index contributed by atoms with van der Waals surface area (Å²) in [4.78, 5) is 11.3. The van der Waals surface area contributed by atoms with E-state index in [-0.39, 0.29) is 0 Å². The summed E-state index contributed by atoms with van der Waals surface area (Å²) in [5.41, 5.74) is -1.02. The average molecular weight is 228 g/mol. The van der Waals surface area contributed by atoms with E-state index < -0.39 is 11.6 Å². The molecular formula is C13H24O3. The molecule has 0 radical (unpaired) electrons.